The number of rotatable bonds is 6. The third kappa shape index (κ3) is 2.71. The molecule has 2 aliphatic carbocycles. The van der Waals surface area contributed by atoms with Gasteiger partial charge < -0.3 is 9.47 Å². The van der Waals surface area contributed by atoms with Crippen molar-refractivity contribution in [2.45, 2.75) is 40.0 Å². The topological polar surface area (TPSA) is 35.5 Å². The molecule has 2 aliphatic rings. The van der Waals surface area contributed by atoms with Gasteiger partial charge >= 0.3 is 5.97 Å². The molecule has 5 atom stereocenters. The van der Waals surface area contributed by atoms with Gasteiger partial charge in [0.05, 0.1) is 12.5 Å². The largest absolute Gasteiger partial charge is 0.463 e. The Morgan fingerprint density at radius 1 is 1.11 bits per heavy atom. The summed E-state index contributed by atoms with van der Waals surface area (Å²) in [5.74, 6) is 2.95. The highest BCUT2D eigenvalue weighted by Gasteiger charge is 2.51. The van der Waals surface area contributed by atoms with Crippen molar-refractivity contribution in [3.05, 3.63) is 0 Å². The number of carbonyl (C=O) groups excluding carboxylic acids is 1. The second-order valence-corrected chi connectivity index (χ2v) is 6.00. The summed E-state index contributed by atoms with van der Waals surface area (Å²) in [7, 11) is 0. The fraction of sp³-hybridized carbons (Fsp3) is 0.933. The van der Waals surface area contributed by atoms with E-state index in [4.69, 9.17) is 9.47 Å². The Balaban J connectivity index is 1.71. The molecule has 104 valence electrons. The summed E-state index contributed by atoms with van der Waals surface area (Å²) in [6, 6.07) is 0. The normalized spacial score (nSPS) is 38.1. The SMILES string of the molecule is CCCOCCOC(=O)C1CC2CC1C(C)C2C. The molecule has 0 aliphatic heterocycles. The van der Waals surface area contributed by atoms with E-state index in [1.54, 1.807) is 0 Å². The Morgan fingerprint density at radius 2 is 1.89 bits per heavy atom. The van der Waals surface area contributed by atoms with E-state index in [0.29, 0.717) is 25.0 Å². The van der Waals surface area contributed by atoms with E-state index >= 15 is 0 Å². The van der Waals surface area contributed by atoms with Crippen LogP contribution in [-0.4, -0.2) is 25.8 Å². The summed E-state index contributed by atoms with van der Waals surface area (Å²) in [5, 5.41) is 0. The van der Waals surface area contributed by atoms with Crippen molar-refractivity contribution in [2.75, 3.05) is 19.8 Å². The van der Waals surface area contributed by atoms with E-state index in [1.165, 1.54) is 6.42 Å². The molecule has 2 saturated carbocycles. The van der Waals surface area contributed by atoms with Crippen molar-refractivity contribution < 1.29 is 14.3 Å². The van der Waals surface area contributed by atoms with Crippen LogP contribution in [0.25, 0.3) is 0 Å². The van der Waals surface area contributed by atoms with Gasteiger partial charge in [-0.05, 0) is 42.9 Å². The predicted molar refractivity (Wildman–Crippen MR) is 70.1 cm³/mol. The second-order valence-electron chi connectivity index (χ2n) is 6.00. The molecule has 18 heavy (non-hydrogen) atoms. The van der Waals surface area contributed by atoms with E-state index in [0.717, 1.165) is 31.3 Å². The van der Waals surface area contributed by atoms with Gasteiger partial charge in [0.25, 0.3) is 0 Å². The Bertz CT molecular complexity index is 287. The first kappa shape index (κ1) is 13.9. The highest BCUT2D eigenvalue weighted by molar-refractivity contribution is 5.73. The van der Waals surface area contributed by atoms with Gasteiger partial charge in [0.1, 0.15) is 6.61 Å². The first-order valence-corrected chi connectivity index (χ1v) is 7.39. The van der Waals surface area contributed by atoms with Crippen LogP contribution >= 0.6 is 0 Å². The lowest BCUT2D eigenvalue weighted by Crippen LogP contribution is -2.31. The second kappa shape index (κ2) is 6.05. The van der Waals surface area contributed by atoms with Gasteiger partial charge in [0.15, 0.2) is 0 Å². The highest BCUT2D eigenvalue weighted by atomic mass is 16.6. The predicted octanol–water partition coefficient (Wildman–Crippen LogP) is 2.88. The minimum absolute atomic E-state index is 0.0151. The monoisotopic (exact) mass is 254 g/mol. The highest BCUT2D eigenvalue weighted by Crippen LogP contribution is 2.55. The van der Waals surface area contributed by atoms with Crippen LogP contribution in [0.3, 0.4) is 0 Å². The van der Waals surface area contributed by atoms with Crippen molar-refractivity contribution in [2.24, 2.45) is 29.6 Å². The molecular formula is C15H26O3. The molecular weight excluding hydrogens is 228 g/mol. The lowest BCUT2D eigenvalue weighted by molar-refractivity contribution is -0.153. The zero-order valence-electron chi connectivity index (χ0n) is 11.9. The molecule has 0 radical (unpaired) electrons. The number of esters is 1. The molecule has 0 aromatic heterocycles. The maximum atomic E-state index is 12.0. The van der Waals surface area contributed by atoms with E-state index in [-0.39, 0.29) is 11.9 Å². The first-order chi connectivity index (χ1) is 8.65. The van der Waals surface area contributed by atoms with Gasteiger partial charge in [0, 0.05) is 6.61 Å². The molecule has 5 unspecified atom stereocenters. The van der Waals surface area contributed by atoms with Gasteiger partial charge in [-0.15, -0.1) is 0 Å². The van der Waals surface area contributed by atoms with Gasteiger partial charge in [-0.25, -0.2) is 0 Å². The summed E-state index contributed by atoms with van der Waals surface area (Å²) in [6.45, 7) is 8.39. The molecule has 0 amide bonds. The van der Waals surface area contributed by atoms with Crippen LogP contribution in [0.1, 0.15) is 40.0 Å². The fourth-order valence-corrected chi connectivity index (χ4v) is 3.77. The molecule has 3 heteroatoms. The number of fused-ring (bicyclic) bond motifs is 2. The molecule has 0 aromatic rings. The molecule has 0 aromatic carbocycles. The zero-order valence-corrected chi connectivity index (χ0v) is 11.9. The van der Waals surface area contributed by atoms with Crippen molar-refractivity contribution in [1.29, 1.82) is 0 Å². The maximum absolute atomic E-state index is 12.0. The van der Waals surface area contributed by atoms with Crippen molar-refractivity contribution in [3.63, 3.8) is 0 Å². The van der Waals surface area contributed by atoms with E-state index in [2.05, 4.69) is 20.8 Å². The molecule has 0 N–H and O–H groups in total. The van der Waals surface area contributed by atoms with Crippen LogP contribution in [0.15, 0.2) is 0 Å². The Kier molecular flexibility index (Phi) is 4.66. The fourth-order valence-electron chi connectivity index (χ4n) is 3.77. The lowest BCUT2D eigenvalue weighted by atomic mass is 9.76. The smallest absolute Gasteiger partial charge is 0.309 e. The van der Waals surface area contributed by atoms with Crippen LogP contribution < -0.4 is 0 Å². The molecule has 3 nitrogen and oxygen atoms in total. The van der Waals surface area contributed by atoms with Gasteiger partial charge in [-0.2, -0.15) is 0 Å². The third-order valence-electron chi connectivity index (χ3n) is 5.02. The van der Waals surface area contributed by atoms with Crippen molar-refractivity contribution in [3.8, 4) is 0 Å². The molecule has 0 saturated heterocycles. The minimum atomic E-state index is 0.0151. The number of hydrogen-bond donors (Lipinski definition) is 0. The molecule has 2 bridgehead atoms. The van der Waals surface area contributed by atoms with Crippen molar-refractivity contribution in [1.82, 2.24) is 0 Å². The van der Waals surface area contributed by atoms with Crippen LogP contribution in [0.2, 0.25) is 0 Å². The molecule has 0 heterocycles. The van der Waals surface area contributed by atoms with E-state index < -0.39 is 0 Å². The van der Waals surface area contributed by atoms with Crippen LogP contribution in [0.4, 0.5) is 0 Å². The maximum Gasteiger partial charge on any atom is 0.309 e. The van der Waals surface area contributed by atoms with E-state index in [9.17, 15) is 4.79 Å². The summed E-state index contributed by atoms with van der Waals surface area (Å²) in [4.78, 5) is 12.0. The zero-order chi connectivity index (χ0) is 13.1. The van der Waals surface area contributed by atoms with Crippen LogP contribution in [0.5, 0.6) is 0 Å². The van der Waals surface area contributed by atoms with Gasteiger partial charge in [-0.1, -0.05) is 20.8 Å². The van der Waals surface area contributed by atoms with E-state index in [1.807, 2.05) is 0 Å². The van der Waals surface area contributed by atoms with Gasteiger partial charge in [-0.3, -0.25) is 4.79 Å². The Labute approximate surface area is 110 Å². The average molecular weight is 254 g/mol. The minimum Gasteiger partial charge on any atom is -0.463 e. The summed E-state index contributed by atoms with van der Waals surface area (Å²) in [6.07, 6.45) is 3.29. The van der Waals surface area contributed by atoms with Crippen molar-refractivity contribution >= 4 is 5.97 Å². The average Bonchev–Trinajstić information content (AvgIpc) is 2.90. The third-order valence-corrected chi connectivity index (χ3v) is 5.02. The molecule has 2 rings (SSSR count). The first-order valence-electron chi connectivity index (χ1n) is 7.39. The standard InChI is InChI=1S/C15H26O3/c1-4-5-17-6-7-18-15(16)14-9-12-8-13(14)11(3)10(12)2/h10-14H,4-9H2,1-3H3. The molecule has 0 spiro atoms. The van der Waals surface area contributed by atoms with Gasteiger partial charge in [0.2, 0.25) is 0 Å². The quantitative estimate of drug-likeness (QED) is 0.540. The summed E-state index contributed by atoms with van der Waals surface area (Å²) >= 11 is 0. The number of hydrogen-bond acceptors (Lipinski definition) is 3. The Morgan fingerprint density at radius 3 is 2.50 bits per heavy atom. The number of ether oxygens (including phenoxy) is 2. The molecule has 2 fully saturated rings. The number of carbonyl (C=O) groups is 1. The summed E-state index contributed by atoms with van der Waals surface area (Å²) < 4.78 is 10.7. The van der Waals surface area contributed by atoms with Crippen LogP contribution in [0, 0.1) is 29.6 Å². The summed E-state index contributed by atoms with van der Waals surface area (Å²) in [5.41, 5.74) is 0. The van der Waals surface area contributed by atoms with Crippen LogP contribution in [-0.2, 0) is 14.3 Å². The Hall–Kier alpha value is -0.570. The lowest BCUT2D eigenvalue weighted by Gasteiger charge is -2.30.